The monoisotopic (exact) mass is 1230 g/mol. The summed E-state index contributed by atoms with van der Waals surface area (Å²) in [6, 6.07) is 27.9. The topological polar surface area (TPSA) is 164 Å². The Labute approximate surface area is 511 Å². The van der Waals surface area contributed by atoms with Crippen molar-refractivity contribution in [2.45, 2.75) is 82.3 Å². The van der Waals surface area contributed by atoms with E-state index in [2.05, 4.69) is 69.9 Å². The molecule has 3 aromatic carbocycles. The summed E-state index contributed by atoms with van der Waals surface area (Å²) in [5, 5.41) is 20.3. The standard InChI is InChI=1S/C21H27N3OS.C15H21N3O2.C15H23N3O.C6H7NS2.Al.HI.Li.4H/c1-23-9-2-4-17(23)8-10-24-11-12-25-20-15-16(6-7-19(20)24)14-18(22)21-5-3-13-26-21;1-17-7-2-3-12(17)6-8-18-13-5-4-11(16)9-14(13)20-10-15(18)19;1-17-7-2-3-13(17)6-8-18-9-10-19-15-11-12(16)4-5-14(15)18;1-8-6(7)5-3-2-4-9-5;;;;;;;/h3,5-7,13,15,17,22H,2,4,8-12,14H2,1H3;4-5,9,12H,2-3,6-8,10,16H2,1H3;4-5,11,13H,2-3,6-10,16H2,1H3;2-4,7H,1H3;;1H;;;;;/q;;;;;;+1;;;;-1. The van der Waals surface area contributed by atoms with Gasteiger partial charge < -0.3 is 61.9 Å². The first-order valence-corrected chi connectivity index (χ1v) is 29.4. The van der Waals surface area contributed by atoms with Crippen molar-refractivity contribution in [1.29, 1.82) is 10.8 Å². The number of thioether (sulfide) groups is 1. The van der Waals surface area contributed by atoms with Crippen LogP contribution in [0.15, 0.2) is 89.6 Å². The van der Waals surface area contributed by atoms with Gasteiger partial charge in [-0.25, -0.2) is 0 Å². The van der Waals surface area contributed by atoms with Gasteiger partial charge in [0.2, 0.25) is 0 Å². The molecule has 14 nitrogen and oxygen atoms in total. The second-order valence-corrected chi connectivity index (χ2v) is 22.8. The number of hydrogen-bond donors (Lipinski definition) is 4. The zero-order chi connectivity index (χ0) is 52.0. The van der Waals surface area contributed by atoms with E-state index in [1.807, 2.05) is 70.4 Å². The number of anilines is 5. The molecule has 77 heavy (non-hydrogen) atoms. The quantitative estimate of drug-likeness (QED) is 0.0335. The molecule has 0 saturated carbocycles. The number of carbonyl (C=O) groups excluding carboxylic acids is 1. The van der Waals surface area contributed by atoms with Gasteiger partial charge in [0.25, 0.3) is 5.91 Å². The average Bonchev–Trinajstić information content (AvgIpc) is 4.30. The zero-order valence-corrected chi connectivity index (χ0v) is 50.1. The number of ether oxygens (including phenoxy) is 3. The van der Waals surface area contributed by atoms with E-state index in [1.54, 1.807) is 28.7 Å². The number of benzene rings is 3. The predicted octanol–water partition coefficient (Wildman–Crippen LogP) is 6.46. The van der Waals surface area contributed by atoms with Crippen molar-refractivity contribution in [2.75, 3.05) is 126 Å². The minimum absolute atomic E-state index is 0. The van der Waals surface area contributed by atoms with E-state index in [0.717, 1.165) is 109 Å². The predicted molar refractivity (Wildman–Crippen MR) is 338 cm³/mol. The number of nitrogens with two attached hydrogens (primary N) is 2. The summed E-state index contributed by atoms with van der Waals surface area (Å²) in [6.45, 7) is 10.2. The van der Waals surface area contributed by atoms with Crippen molar-refractivity contribution >= 4 is 121 Å². The normalized spacial score (nSPS) is 19.5. The molecule has 0 bridgehead atoms. The summed E-state index contributed by atoms with van der Waals surface area (Å²) in [7, 11) is 6.65. The van der Waals surface area contributed by atoms with Gasteiger partial charge in [-0.2, -0.15) is 0 Å². The third-order valence-corrected chi connectivity index (χ3v) is 17.7. The summed E-state index contributed by atoms with van der Waals surface area (Å²) in [6.07, 6.45) is 13.9. The Hall–Kier alpha value is -3.44. The Morgan fingerprint density at radius 3 is 1.60 bits per heavy atom. The summed E-state index contributed by atoms with van der Waals surface area (Å²) in [4.78, 5) is 28.3. The van der Waals surface area contributed by atoms with E-state index < -0.39 is 0 Å². The van der Waals surface area contributed by atoms with Crippen molar-refractivity contribution < 1.29 is 39.3 Å². The molecular weight excluding hydrogens is 1150 g/mol. The molecule has 8 heterocycles. The van der Waals surface area contributed by atoms with E-state index in [-0.39, 0.29) is 74.1 Å². The van der Waals surface area contributed by atoms with Crippen molar-refractivity contribution in [3.8, 4) is 17.2 Å². The van der Waals surface area contributed by atoms with Crippen molar-refractivity contribution in [3.63, 3.8) is 0 Å². The summed E-state index contributed by atoms with van der Waals surface area (Å²) >= 11 is 4.72. The fourth-order valence-electron chi connectivity index (χ4n) is 10.8. The number of fused-ring (bicyclic) bond motifs is 3. The Kier molecular flexibility index (Phi) is 26.9. The Bertz CT molecular complexity index is 2630. The van der Waals surface area contributed by atoms with Gasteiger partial charge in [-0.05, 0) is 170 Å². The maximum absolute atomic E-state index is 12.1. The molecule has 3 unspecified atom stereocenters. The Balaban J connectivity index is 0.000000231. The summed E-state index contributed by atoms with van der Waals surface area (Å²) < 4.78 is 17.1. The number of hydrogen-bond acceptors (Lipinski definition) is 16. The van der Waals surface area contributed by atoms with Crippen molar-refractivity contribution in [3.05, 3.63) is 105 Å². The van der Waals surface area contributed by atoms with Crippen LogP contribution >= 0.6 is 58.4 Å². The number of nitrogens with one attached hydrogen (secondary N) is 2. The number of halogens is 1. The second kappa shape index (κ2) is 32.1. The van der Waals surface area contributed by atoms with Crippen LogP contribution < -0.4 is 59.2 Å². The first-order valence-electron chi connectivity index (χ1n) is 26.4. The SMILES string of the molecule is CN1CCCC1CCN1C(=O)COc2cc(N)ccc21.CN1CCCC1CCN1CCOc2cc(CC(=N)c3cccs3)ccc21.CN1CCCC1CCN1CCOc2cc(N)ccc21.CSC(=N)c1cccs1.I.[AlH3].[H-].[Li+]. The molecule has 6 aliphatic rings. The molecule has 1 amide bonds. The van der Waals surface area contributed by atoms with Crippen LogP contribution in [0.4, 0.5) is 28.4 Å². The molecule has 20 heteroatoms. The van der Waals surface area contributed by atoms with Gasteiger partial charge in [0.1, 0.15) is 35.5 Å². The van der Waals surface area contributed by atoms with Crippen LogP contribution in [-0.2, 0) is 11.2 Å². The molecule has 11 rings (SSSR count). The van der Waals surface area contributed by atoms with E-state index in [9.17, 15) is 4.79 Å². The molecule has 0 aliphatic carbocycles. The smallest absolute Gasteiger partial charge is 1.00 e. The minimum Gasteiger partial charge on any atom is -1.00 e. The molecule has 3 fully saturated rings. The zero-order valence-electron chi connectivity index (χ0n) is 46.3. The van der Waals surface area contributed by atoms with Crippen LogP contribution in [0.3, 0.4) is 0 Å². The van der Waals surface area contributed by atoms with E-state index in [4.69, 9.17) is 36.5 Å². The molecule has 0 spiro atoms. The summed E-state index contributed by atoms with van der Waals surface area (Å²) in [5.74, 6) is 2.66. The van der Waals surface area contributed by atoms with Crippen LogP contribution in [0.25, 0.3) is 0 Å². The summed E-state index contributed by atoms with van der Waals surface area (Å²) in [5.41, 5.74) is 18.1. The van der Waals surface area contributed by atoms with Crippen LogP contribution in [0, 0.1) is 10.8 Å². The average molecular weight is 1230 g/mol. The third kappa shape index (κ3) is 18.0. The van der Waals surface area contributed by atoms with Crippen LogP contribution in [0.1, 0.15) is 74.5 Å². The molecule has 2 aromatic heterocycles. The largest absolute Gasteiger partial charge is 1.00 e. The van der Waals surface area contributed by atoms with E-state index >= 15 is 0 Å². The maximum Gasteiger partial charge on any atom is 1.00 e. The van der Waals surface area contributed by atoms with E-state index in [0.29, 0.717) is 34.7 Å². The van der Waals surface area contributed by atoms with Gasteiger partial charge in [0, 0.05) is 72.6 Å². The number of likely N-dealkylation sites (tertiary alicyclic amines) is 3. The molecule has 5 aromatic rings. The molecular formula is C57H83AlILiN10O4S3. The maximum atomic E-state index is 12.1. The van der Waals surface area contributed by atoms with Crippen LogP contribution in [0.2, 0.25) is 0 Å². The molecule has 3 atom stereocenters. The number of thiophene rings is 2. The first-order chi connectivity index (χ1) is 35.9. The third-order valence-electron chi connectivity index (χ3n) is 15.2. The molecule has 414 valence electrons. The van der Waals surface area contributed by atoms with Gasteiger partial charge in [-0.3, -0.25) is 10.2 Å². The molecule has 0 radical (unpaired) electrons. The first kappa shape index (κ1) is 64.4. The fourth-order valence-corrected chi connectivity index (χ4v) is 12.7. The van der Waals surface area contributed by atoms with Gasteiger partial charge in [-0.15, -0.1) is 58.4 Å². The van der Waals surface area contributed by atoms with E-state index in [1.165, 1.54) is 87.6 Å². The van der Waals surface area contributed by atoms with Crippen LogP contribution in [-0.4, -0.2) is 166 Å². The van der Waals surface area contributed by atoms with Crippen molar-refractivity contribution in [1.82, 2.24) is 14.7 Å². The Morgan fingerprint density at radius 2 is 1.12 bits per heavy atom. The second-order valence-electron chi connectivity index (χ2n) is 20.1. The minimum atomic E-state index is 0. The number of amides is 1. The van der Waals surface area contributed by atoms with Gasteiger partial charge in [0.05, 0.1) is 40.7 Å². The number of nitrogens with zero attached hydrogens (tertiary/aromatic N) is 6. The number of rotatable bonds is 13. The van der Waals surface area contributed by atoms with Gasteiger partial charge in [0.15, 0.2) is 24.0 Å². The molecule has 6 aliphatic heterocycles. The molecule has 3 saturated heterocycles. The fraction of sp³-hybridized carbons (Fsp3) is 0.491. The van der Waals surface area contributed by atoms with Crippen molar-refractivity contribution in [2.24, 2.45) is 0 Å². The molecule has 6 N–H and O–H groups in total. The number of nitrogen functional groups attached to an aromatic ring is 2. The number of carbonyl (C=O) groups is 1. The van der Waals surface area contributed by atoms with Gasteiger partial charge in [-0.1, -0.05) is 18.2 Å². The Morgan fingerprint density at radius 1 is 0.649 bits per heavy atom. The van der Waals surface area contributed by atoms with Gasteiger partial charge >= 0.3 is 18.9 Å². The van der Waals surface area contributed by atoms with Crippen LogP contribution in [0.5, 0.6) is 17.2 Å².